The number of aromatic nitrogens is 3. The Morgan fingerprint density at radius 1 is 1.26 bits per heavy atom. The highest BCUT2D eigenvalue weighted by Crippen LogP contribution is 2.19. The zero-order chi connectivity index (χ0) is 13.2. The van der Waals surface area contributed by atoms with Crippen molar-refractivity contribution in [2.75, 3.05) is 7.05 Å². The van der Waals surface area contributed by atoms with Crippen molar-refractivity contribution in [3.05, 3.63) is 54.2 Å². The minimum absolute atomic E-state index is 0.0124. The third-order valence-corrected chi connectivity index (χ3v) is 3.11. The summed E-state index contributed by atoms with van der Waals surface area (Å²) in [6.07, 6.45) is 5.27. The van der Waals surface area contributed by atoms with E-state index < -0.39 is 0 Å². The van der Waals surface area contributed by atoms with Crippen LogP contribution >= 0.6 is 0 Å². The van der Waals surface area contributed by atoms with E-state index in [1.807, 2.05) is 30.5 Å². The van der Waals surface area contributed by atoms with Crippen molar-refractivity contribution < 1.29 is 4.79 Å². The molecule has 2 N–H and O–H groups in total. The van der Waals surface area contributed by atoms with Crippen LogP contribution in [0.5, 0.6) is 0 Å². The Hall–Kier alpha value is -2.56. The van der Waals surface area contributed by atoms with Gasteiger partial charge >= 0.3 is 0 Å². The van der Waals surface area contributed by atoms with Gasteiger partial charge in [-0.05, 0) is 18.2 Å². The monoisotopic (exact) mass is 254 g/mol. The van der Waals surface area contributed by atoms with E-state index in [0.29, 0.717) is 12.1 Å². The lowest BCUT2D eigenvalue weighted by Gasteiger charge is -2.16. The molecule has 0 aliphatic heterocycles. The smallest absolute Gasteiger partial charge is 0.254 e. The van der Waals surface area contributed by atoms with Gasteiger partial charge in [0.1, 0.15) is 5.82 Å². The van der Waals surface area contributed by atoms with E-state index in [-0.39, 0.29) is 5.91 Å². The lowest BCUT2D eigenvalue weighted by molar-refractivity contribution is 0.0784. The van der Waals surface area contributed by atoms with Gasteiger partial charge in [-0.15, -0.1) is 0 Å². The molecule has 5 nitrogen and oxygen atoms in total. The third-order valence-electron chi connectivity index (χ3n) is 3.11. The van der Waals surface area contributed by atoms with Crippen molar-refractivity contribution in [1.29, 1.82) is 0 Å². The van der Waals surface area contributed by atoms with Gasteiger partial charge < -0.3 is 14.9 Å². The van der Waals surface area contributed by atoms with Gasteiger partial charge in [0.2, 0.25) is 0 Å². The molecule has 2 heterocycles. The normalized spacial score (nSPS) is 10.8. The molecule has 5 heteroatoms. The Bertz CT molecular complexity index is 699. The number of benzene rings is 1. The van der Waals surface area contributed by atoms with Crippen molar-refractivity contribution in [2.24, 2.45) is 0 Å². The predicted octanol–water partition coefficient (Wildman–Crippen LogP) is 2.16. The number of nitrogens with one attached hydrogen (secondary N) is 2. The number of nitrogens with zero attached hydrogens (tertiary/aromatic N) is 2. The van der Waals surface area contributed by atoms with Crippen LogP contribution in [0.4, 0.5) is 0 Å². The Labute approximate surface area is 110 Å². The highest BCUT2D eigenvalue weighted by atomic mass is 16.2. The molecular weight excluding hydrogens is 240 g/mol. The van der Waals surface area contributed by atoms with Crippen LogP contribution in [0.1, 0.15) is 16.2 Å². The molecule has 0 saturated carbocycles. The molecule has 3 rings (SSSR count). The molecule has 1 aromatic carbocycles. The Morgan fingerprint density at radius 2 is 2.16 bits per heavy atom. The number of carbonyl (C=O) groups is 1. The SMILES string of the molecule is CN(Cc1ncc[nH]1)C(=O)c1cccc2[nH]ccc12. The predicted molar refractivity (Wildman–Crippen MR) is 72.7 cm³/mol. The average molecular weight is 254 g/mol. The zero-order valence-electron chi connectivity index (χ0n) is 10.6. The molecule has 0 radical (unpaired) electrons. The van der Waals surface area contributed by atoms with Gasteiger partial charge in [0, 0.05) is 42.1 Å². The molecule has 96 valence electrons. The van der Waals surface area contributed by atoms with Crippen molar-refractivity contribution in [3.63, 3.8) is 0 Å². The Balaban J connectivity index is 1.89. The van der Waals surface area contributed by atoms with E-state index in [2.05, 4.69) is 15.0 Å². The summed E-state index contributed by atoms with van der Waals surface area (Å²) in [7, 11) is 1.77. The largest absolute Gasteiger partial charge is 0.361 e. The van der Waals surface area contributed by atoms with E-state index in [1.54, 1.807) is 24.3 Å². The fourth-order valence-corrected chi connectivity index (χ4v) is 2.16. The highest BCUT2D eigenvalue weighted by Gasteiger charge is 2.15. The molecule has 0 saturated heterocycles. The topological polar surface area (TPSA) is 64.8 Å². The number of fused-ring (bicyclic) bond motifs is 1. The Kier molecular flexibility index (Phi) is 2.79. The van der Waals surface area contributed by atoms with Crippen molar-refractivity contribution in [1.82, 2.24) is 19.9 Å². The van der Waals surface area contributed by atoms with E-state index in [1.165, 1.54) is 0 Å². The van der Waals surface area contributed by atoms with Crippen LogP contribution < -0.4 is 0 Å². The standard InChI is InChI=1S/C14H14N4O/c1-18(9-13-16-7-8-17-13)14(19)11-3-2-4-12-10(11)5-6-15-12/h2-8,15H,9H2,1H3,(H,16,17). The molecule has 3 aromatic rings. The maximum atomic E-state index is 12.5. The fraction of sp³-hybridized carbons (Fsp3) is 0.143. The van der Waals surface area contributed by atoms with Crippen molar-refractivity contribution in [2.45, 2.75) is 6.54 Å². The van der Waals surface area contributed by atoms with Crippen molar-refractivity contribution in [3.8, 4) is 0 Å². The van der Waals surface area contributed by atoms with Gasteiger partial charge in [-0.3, -0.25) is 4.79 Å². The molecule has 2 aromatic heterocycles. The minimum atomic E-state index is -0.0124. The lowest BCUT2D eigenvalue weighted by atomic mass is 10.1. The molecule has 0 unspecified atom stereocenters. The first-order chi connectivity index (χ1) is 9.25. The number of carbonyl (C=O) groups excluding carboxylic acids is 1. The number of H-pyrrole nitrogens is 2. The molecule has 0 aliphatic rings. The average Bonchev–Trinajstić information content (AvgIpc) is 3.07. The van der Waals surface area contributed by atoms with Crippen molar-refractivity contribution >= 4 is 16.8 Å². The zero-order valence-corrected chi connectivity index (χ0v) is 10.6. The molecule has 1 amide bonds. The number of hydrogen-bond donors (Lipinski definition) is 2. The van der Waals surface area contributed by atoms with E-state index in [9.17, 15) is 4.79 Å². The molecule has 0 bridgehead atoms. The van der Waals surface area contributed by atoms with Gasteiger partial charge in [-0.1, -0.05) is 6.07 Å². The number of rotatable bonds is 3. The second kappa shape index (κ2) is 4.61. The van der Waals surface area contributed by atoms with E-state index in [0.717, 1.165) is 16.7 Å². The summed E-state index contributed by atoms with van der Waals surface area (Å²) in [4.78, 5) is 24.3. The van der Waals surface area contributed by atoms with Crippen LogP contribution in [0.3, 0.4) is 0 Å². The first-order valence-corrected chi connectivity index (χ1v) is 6.05. The molecule has 0 fully saturated rings. The molecule has 0 atom stereocenters. The summed E-state index contributed by atoms with van der Waals surface area (Å²) in [6.45, 7) is 0.465. The Morgan fingerprint density at radius 3 is 2.95 bits per heavy atom. The molecule has 0 spiro atoms. The van der Waals surface area contributed by atoms with E-state index >= 15 is 0 Å². The number of hydrogen-bond acceptors (Lipinski definition) is 2. The maximum absolute atomic E-state index is 12.5. The number of aromatic amines is 2. The molecule has 0 aliphatic carbocycles. The summed E-state index contributed by atoms with van der Waals surface area (Å²) >= 11 is 0. The molecular formula is C14H14N4O. The number of imidazole rings is 1. The van der Waals surface area contributed by atoms with Gasteiger partial charge in [0.05, 0.1) is 6.54 Å². The van der Waals surface area contributed by atoms with Crippen LogP contribution in [-0.2, 0) is 6.54 Å². The summed E-state index contributed by atoms with van der Waals surface area (Å²) in [6, 6.07) is 7.60. The fourth-order valence-electron chi connectivity index (χ4n) is 2.16. The minimum Gasteiger partial charge on any atom is -0.361 e. The van der Waals surface area contributed by atoms with Gasteiger partial charge in [0.25, 0.3) is 5.91 Å². The lowest BCUT2D eigenvalue weighted by Crippen LogP contribution is -2.26. The quantitative estimate of drug-likeness (QED) is 0.752. The van der Waals surface area contributed by atoms with Crippen LogP contribution in [-0.4, -0.2) is 32.8 Å². The third kappa shape index (κ3) is 2.10. The first-order valence-electron chi connectivity index (χ1n) is 6.05. The molecule has 19 heavy (non-hydrogen) atoms. The van der Waals surface area contributed by atoms with Crippen LogP contribution in [0.25, 0.3) is 10.9 Å². The summed E-state index contributed by atoms with van der Waals surface area (Å²) in [5.74, 6) is 0.763. The summed E-state index contributed by atoms with van der Waals surface area (Å²) in [5, 5.41) is 0.943. The van der Waals surface area contributed by atoms with Crippen LogP contribution in [0.15, 0.2) is 42.9 Å². The van der Waals surface area contributed by atoms with Crippen LogP contribution in [0.2, 0.25) is 0 Å². The maximum Gasteiger partial charge on any atom is 0.254 e. The second-order valence-electron chi connectivity index (χ2n) is 4.44. The number of amides is 1. The van der Waals surface area contributed by atoms with E-state index in [4.69, 9.17) is 0 Å². The highest BCUT2D eigenvalue weighted by molar-refractivity contribution is 6.06. The van der Waals surface area contributed by atoms with Gasteiger partial charge in [0.15, 0.2) is 0 Å². The first kappa shape index (κ1) is 11.5. The van der Waals surface area contributed by atoms with Gasteiger partial charge in [-0.25, -0.2) is 4.98 Å². The second-order valence-corrected chi connectivity index (χ2v) is 4.44. The summed E-state index contributed by atoms with van der Waals surface area (Å²) in [5.41, 5.74) is 1.67. The van der Waals surface area contributed by atoms with Crippen LogP contribution in [0, 0.1) is 0 Å². The summed E-state index contributed by atoms with van der Waals surface area (Å²) < 4.78 is 0. The van der Waals surface area contributed by atoms with Gasteiger partial charge in [-0.2, -0.15) is 0 Å².